The van der Waals surface area contributed by atoms with Crippen molar-refractivity contribution in [1.82, 2.24) is 20.4 Å². The van der Waals surface area contributed by atoms with Gasteiger partial charge >= 0.3 is 0 Å². The van der Waals surface area contributed by atoms with Gasteiger partial charge in [0.1, 0.15) is 0 Å². The average molecular weight is 270 g/mol. The molecule has 2 N–H and O–H groups in total. The maximum Gasteiger partial charge on any atom is 0.166 e. The Hall–Kier alpha value is -1.14. The monoisotopic (exact) mass is 270 g/mol. The Bertz CT molecular complexity index is 378. The second-order valence-electron chi connectivity index (χ2n) is 4.06. The second-order valence-corrected chi connectivity index (χ2v) is 4.47. The van der Waals surface area contributed by atoms with E-state index in [9.17, 15) is 0 Å². The van der Waals surface area contributed by atoms with Gasteiger partial charge in [-0.25, -0.2) is 0 Å². The lowest BCUT2D eigenvalue weighted by atomic mass is 10.3. The minimum Gasteiger partial charge on any atom is -0.382 e. The van der Waals surface area contributed by atoms with E-state index >= 15 is 0 Å². The first-order chi connectivity index (χ1) is 8.63. The third-order valence-electron chi connectivity index (χ3n) is 2.48. The molecule has 0 radical (unpaired) electrons. The Labute approximate surface area is 114 Å². The van der Waals surface area contributed by atoms with Crippen molar-refractivity contribution in [2.24, 2.45) is 7.05 Å². The number of nitrogens with one attached hydrogen (secondary N) is 2. The van der Waals surface area contributed by atoms with Crippen LogP contribution in [0, 0.1) is 6.92 Å². The Balaban J connectivity index is 2.15. The highest BCUT2D eigenvalue weighted by Crippen LogP contribution is 2.00. The minimum absolute atomic E-state index is 0.672. The number of thiocarbonyl (C=S) groups is 1. The smallest absolute Gasteiger partial charge is 0.166 e. The molecule has 0 aliphatic rings. The molecule has 102 valence electrons. The minimum atomic E-state index is 0.672. The molecule has 0 atom stereocenters. The fraction of sp³-hybridized carbons (Fsp3) is 0.667. The third kappa shape index (κ3) is 5.46. The summed E-state index contributed by atoms with van der Waals surface area (Å²) < 4.78 is 7.11. The third-order valence-corrected chi connectivity index (χ3v) is 2.77. The molecule has 0 aliphatic heterocycles. The summed E-state index contributed by atoms with van der Waals surface area (Å²) in [6.07, 6.45) is 0.959. The van der Waals surface area contributed by atoms with Crippen LogP contribution in [0.5, 0.6) is 0 Å². The van der Waals surface area contributed by atoms with Gasteiger partial charge in [-0.2, -0.15) is 5.10 Å². The van der Waals surface area contributed by atoms with Crippen molar-refractivity contribution in [3.8, 4) is 0 Å². The number of ether oxygens (including phenoxy) is 1. The van der Waals surface area contributed by atoms with Gasteiger partial charge < -0.3 is 15.4 Å². The van der Waals surface area contributed by atoms with Crippen molar-refractivity contribution in [2.45, 2.75) is 26.8 Å². The molecule has 6 heteroatoms. The lowest BCUT2D eigenvalue weighted by molar-refractivity contribution is 0.145. The highest BCUT2D eigenvalue weighted by Gasteiger charge is 2.02. The summed E-state index contributed by atoms with van der Waals surface area (Å²) in [5, 5.41) is 11.3. The molecule has 0 fully saturated rings. The zero-order chi connectivity index (χ0) is 13.4. The zero-order valence-corrected chi connectivity index (χ0v) is 12.1. The zero-order valence-electron chi connectivity index (χ0n) is 11.3. The highest BCUT2D eigenvalue weighted by molar-refractivity contribution is 7.80. The quantitative estimate of drug-likeness (QED) is 0.574. The molecule has 1 heterocycles. The Morgan fingerprint density at radius 1 is 1.50 bits per heavy atom. The van der Waals surface area contributed by atoms with E-state index in [1.807, 2.05) is 31.6 Å². The SMILES string of the molecule is CCOCCCNC(=S)NCc1cc(C)nn1C. The van der Waals surface area contributed by atoms with E-state index in [1.54, 1.807) is 0 Å². The molecule has 0 spiro atoms. The second kappa shape index (κ2) is 8.05. The molecule has 1 rings (SSSR count). The van der Waals surface area contributed by atoms with Crippen molar-refractivity contribution >= 4 is 17.3 Å². The van der Waals surface area contributed by atoms with Gasteiger partial charge in [0.2, 0.25) is 0 Å². The molecule has 0 saturated carbocycles. The van der Waals surface area contributed by atoms with E-state index in [1.165, 1.54) is 0 Å². The van der Waals surface area contributed by atoms with E-state index < -0.39 is 0 Å². The van der Waals surface area contributed by atoms with Crippen LogP contribution in [0.2, 0.25) is 0 Å². The molecule has 0 unspecified atom stereocenters. The summed E-state index contributed by atoms with van der Waals surface area (Å²) in [4.78, 5) is 0. The van der Waals surface area contributed by atoms with E-state index in [0.29, 0.717) is 11.7 Å². The van der Waals surface area contributed by atoms with Crippen LogP contribution in [-0.2, 0) is 18.3 Å². The number of hydrogen-bond acceptors (Lipinski definition) is 3. The predicted molar refractivity (Wildman–Crippen MR) is 76.5 cm³/mol. The average Bonchev–Trinajstić information content (AvgIpc) is 2.65. The summed E-state index contributed by atoms with van der Waals surface area (Å²) in [5.41, 5.74) is 2.14. The number of aromatic nitrogens is 2. The van der Waals surface area contributed by atoms with Gasteiger partial charge in [-0.1, -0.05) is 0 Å². The molecule has 5 nitrogen and oxygen atoms in total. The topological polar surface area (TPSA) is 51.1 Å². The first-order valence-corrected chi connectivity index (χ1v) is 6.63. The normalized spacial score (nSPS) is 10.4. The number of nitrogens with zero attached hydrogens (tertiary/aromatic N) is 2. The van der Waals surface area contributed by atoms with E-state index in [2.05, 4.69) is 15.7 Å². The molecule has 1 aromatic heterocycles. The molecule has 0 aromatic carbocycles. The Morgan fingerprint density at radius 3 is 2.89 bits per heavy atom. The Morgan fingerprint density at radius 2 is 2.28 bits per heavy atom. The lowest BCUT2D eigenvalue weighted by Gasteiger charge is -2.10. The van der Waals surface area contributed by atoms with Crippen LogP contribution in [0.15, 0.2) is 6.07 Å². The summed E-state index contributed by atoms with van der Waals surface area (Å²) in [7, 11) is 1.93. The molecular weight excluding hydrogens is 248 g/mol. The summed E-state index contributed by atoms with van der Waals surface area (Å²) in [5.74, 6) is 0. The fourth-order valence-electron chi connectivity index (χ4n) is 1.58. The molecule has 18 heavy (non-hydrogen) atoms. The fourth-order valence-corrected chi connectivity index (χ4v) is 1.76. The van der Waals surface area contributed by atoms with Crippen LogP contribution in [-0.4, -0.2) is 34.7 Å². The van der Waals surface area contributed by atoms with Gasteiger partial charge in [-0.05, 0) is 38.6 Å². The van der Waals surface area contributed by atoms with Crippen LogP contribution < -0.4 is 10.6 Å². The molecule has 0 bridgehead atoms. The molecule has 0 amide bonds. The lowest BCUT2D eigenvalue weighted by Crippen LogP contribution is -2.36. The van der Waals surface area contributed by atoms with Crippen molar-refractivity contribution in [2.75, 3.05) is 19.8 Å². The molecule has 1 aromatic rings. The van der Waals surface area contributed by atoms with Crippen molar-refractivity contribution in [1.29, 1.82) is 0 Å². The maximum atomic E-state index is 5.25. The van der Waals surface area contributed by atoms with Gasteiger partial charge in [0.05, 0.1) is 17.9 Å². The highest BCUT2D eigenvalue weighted by atomic mass is 32.1. The van der Waals surface area contributed by atoms with Gasteiger partial charge in [0.25, 0.3) is 0 Å². The molecule has 0 saturated heterocycles. The van der Waals surface area contributed by atoms with Crippen LogP contribution in [0.3, 0.4) is 0 Å². The Kier molecular flexibility index (Phi) is 6.67. The van der Waals surface area contributed by atoms with Crippen LogP contribution >= 0.6 is 12.2 Å². The first-order valence-electron chi connectivity index (χ1n) is 6.22. The van der Waals surface area contributed by atoms with E-state index in [-0.39, 0.29) is 0 Å². The van der Waals surface area contributed by atoms with Crippen LogP contribution in [0.1, 0.15) is 24.7 Å². The van der Waals surface area contributed by atoms with E-state index in [0.717, 1.165) is 37.6 Å². The summed E-state index contributed by atoms with van der Waals surface area (Å²) in [6.45, 7) is 7.03. The number of hydrogen-bond donors (Lipinski definition) is 2. The standard InChI is InChI=1S/C12H22N4OS/c1-4-17-7-5-6-13-12(18)14-9-11-8-10(2)15-16(11)3/h8H,4-7,9H2,1-3H3,(H2,13,14,18). The summed E-state index contributed by atoms with van der Waals surface area (Å²) in [6, 6.07) is 2.05. The van der Waals surface area contributed by atoms with Gasteiger partial charge in [-0.15, -0.1) is 0 Å². The van der Waals surface area contributed by atoms with Crippen molar-refractivity contribution in [3.63, 3.8) is 0 Å². The first kappa shape index (κ1) is 14.9. The van der Waals surface area contributed by atoms with Gasteiger partial charge in [0.15, 0.2) is 5.11 Å². The van der Waals surface area contributed by atoms with Crippen LogP contribution in [0.4, 0.5) is 0 Å². The summed E-state index contributed by atoms with van der Waals surface area (Å²) >= 11 is 5.19. The van der Waals surface area contributed by atoms with Crippen molar-refractivity contribution < 1.29 is 4.74 Å². The van der Waals surface area contributed by atoms with Crippen LogP contribution in [0.25, 0.3) is 0 Å². The van der Waals surface area contributed by atoms with Crippen molar-refractivity contribution in [3.05, 3.63) is 17.5 Å². The van der Waals surface area contributed by atoms with Gasteiger partial charge in [0, 0.05) is 26.8 Å². The number of aryl methyl sites for hydroxylation is 2. The van der Waals surface area contributed by atoms with Gasteiger partial charge in [-0.3, -0.25) is 4.68 Å². The number of rotatable bonds is 7. The van der Waals surface area contributed by atoms with E-state index in [4.69, 9.17) is 17.0 Å². The maximum absolute atomic E-state index is 5.25. The predicted octanol–water partition coefficient (Wildman–Crippen LogP) is 1.12. The molecule has 0 aliphatic carbocycles. The molecular formula is C12H22N4OS. The largest absolute Gasteiger partial charge is 0.382 e.